The number of ether oxygens (including phenoxy) is 2. The number of methoxy groups -OCH3 is 1. The summed E-state index contributed by atoms with van der Waals surface area (Å²) in [5.74, 6) is 0.745. The van der Waals surface area contributed by atoms with Gasteiger partial charge in [0.15, 0.2) is 0 Å². The van der Waals surface area contributed by atoms with Gasteiger partial charge in [-0.1, -0.05) is 6.42 Å². The van der Waals surface area contributed by atoms with Crippen molar-refractivity contribution in [3.05, 3.63) is 80.2 Å². The maximum atomic E-state index is 12.9. The molecule has 3 heterocycles. The molecule has 1 aliphatic rings. The van der Waals surface area contributed by atoms with Crippen molar-refractivity contribution in [2.24, 2.45) is 0 Å². The number of nitrogens with zero attached hydrogens (tertiary/aromatic N) is 2. The van der Waals surface area contributed by atoms with Gasteiger partial charge in [0, 0.05) is 36.0 Å². The van der Waals surface area contributed by atoms with Gasteiger partial charge in [-0.05, 0) is 43.2 Å². The molecule has 2 aromatic heterocycles. The molecule has 0 radical (unpaired) electrons. The number of esters is 1. The number of benzene rings is 2. The van der Waals surface area contributed by atoms with Crippen LogP contribution in [-0.2, 0) is 24.3 Å². The summed E-state index contributed by atoms with van der Waals surface area (Å²) in [6, 6.07) is 11.2. The van der Waals surface area contributed by atoms with Gasteiger partial charge in [0.1, 0.15) is 23.8 Å². The molecule has 8 heteroatoms. The average molecular weight is 446 g/mol. The second kappa shape index (κ2) is 8.54. The van der Waals surface area contributed by atoms with Crippen LogP contribution in [0.5, 0.6) is 5.75 Å². The first-order chi connectivity index (χ1) is 16.0. The highest BCUT2D eigenvalue weighted by Crippen LogP contribution is 2.23. The van der Waals surface area contributed by atoms with E-state index in [1.54, 1.807) is 41.0 Å². The molecular weight excluding hydrogens is 424 g/mol. The number of aromatic nitrogens is 2. The van der Waals surface area contributed by atoms with Crippen molar-refractivity contribution in [3.63, 3.8) is 0 Å². The van der Waals surface area contributed by atoms with Crippen LogP contribution >= 0.6 is 0 Å². The average Bonchev–Trinajstić information content (AvgIpc) is 3.07. The number of rotatable bonds is 4. The molecule has 0 aliphatic carbocycles. The molecule has 4 aromatic rings. The van der Waals surface area contributed by atoms with Crippen LogP contribution in [-0.4, -0.2) is 22.6 Å². The highest BCUT2D eigenvalue weighted by atomic mass is 16.5. The van der Waals surface area contributed by atoms with E-state index in [-0.39, 0.29) is 12.2 Å². The quantitative estimate of drug-likeness (QED) is 0.349. The van der Waals surface area contributed by atoms with E-state index in [2.05, 4.69) is 4.98 Å². The second-order valence-corrected chi connectivity index (χ2v) is 8.06. The third-order valence-corrected chi connectivity index (χ3v) is 5.95. The number of aryl methyl sites for hydroxylation is 1. The van der Waals surface area contributed by atoms with E-state index in [1.165, 1.54) is 13.2 Å². The fourth-order valence-corrected chi connectivity index (χ4v) is 4.23. The normalized spacial score (nSPS) is 13.5. The summed E-state index contributed by atoms with van der Waals surface area (Å²) >= 11 is 0. The smallest absolute Gasteiger partial charge is 0.338 e. The SMILES string of the molecule is COc1ccc2c(COC(=O)c3ccc4c(=O)n5c(nc4c3)CCCCC5)cc(=O)oc2c1. The largest absolute Gasteiger partial charge is 0.497 e. The van der Waals surface area contributed by atoms with E-state index in [4.69, 9.17) is 13.9 Å². The van der Waals surface area contributed by atoms with E-state index in [0.29, 0.717) is 45.3 Å². The lowest BCUT2D eigenvalue weighted by Crippen LogP contribution is -2.24. The number of hydrogen-bond acceptors (Lipinski definition) is 7. The van der Waals surface area contributed by atoms with Crippen LogP contribution < -0.4 is 15.9 Å². The minimum atomic E-state index is -0.566. The van der Waals surface area contributed by atoms with Crippen molar-refractivity contribution in [2.45, 2.75) is 38.8 Å². The summed E-state index contributed by atoms with van der Waals surface area (Å²) in [5, 5.41) is 1.14. The van der Waals surface area contributed by atoms with Gasteiger partial charge in [0.2, 0.25) is 0 Å². The van der Waals surface area contributed by atoms with E-state index in [1.807, 2.05) is 0 Å². The summed E-state index contributed by atoms with van der Waals surface area (Å²) in [4.78, 5) is 42.2. The van der Waals surface area contributed by atoms with Crippen LogP contribution in [0.1, 0.15) is 41.0 Å². The molecule has 168 valence electrons. The van der Waals surface area contributed by atoms with Gasteiger partial charge in [-0.2, -0.15) is 0 Å². The Hall–Kier alpha value is -3.94. The van der Waals surface area contributed by atoms with Crippen molar-refractivity contribution in [1.29, 1.82) is 0 Å². The standard InChI is InChI=1S/C25H22N2O6/c1-31-17-7-9-18-16(12-23(28)33-21(18)13-17)14-32-25(30)15-6-8-19-20(11-15)26-22-5-3-2-4-10-27(22)24(19)29/h6-9,11-13H,2-5,10,14H2,1H3. The van der Waals surface area contributed by atoms with Gasteiger partial charge < -0.3 is 13.9 Å². The third-order valence-electron chi connectivity index (χ3n) is 5.95. The van der Waals surface area contributed by atoms with E-state index in [0.717, 1.165) is 31.5 Å². The molecular formula is C25H22N2O6. The van der Waals surface area contributed by atoms with E-state index >= 15 is 0 Å². The first-order valence-electron chi connectivity index (χ1n) is 10.8. The number of carbonyl (C=O) groups excluding carboxylic acids is 1. The first kappa shape index (κ1) is 20.9. The molecule has 0 saturated carbocycles. The molecule has 0 unspecified atom stereocenters. The summed E-state index contributed by atoms with van der Waals surface area (Å²) in [5.41, 5.74) is 1.04. The van der Waals surface area contributed by atoms with Crippen LogP contribution in [0.15, 0.2) is 56.5 Å². The number of hydrogen-bond donors (Lipinski definition) is 0. The van der Waals surface area contributed by atoms with Crippen molar-refractivity contribution >= 4 is 27.8 Å². The van der Waals surface area contributed by atoms with E-state index in [9.17, 15) is 14.4 Å². The zero-order valence-electron chi connectivity index (χ0n) is 18.1. The summed E-state index contributed by atoms with van der Waals surface area (Å²) in [6.45, 7) is 0.567. The summed E-state index contributed by atoms with van der Waals surface area (Å²) in [6.07, 6.45) is 3.76. The zero-order chi connectivity index (χ0) is 22.9. The molecule has 0 fully saturated rings. The first-order valence-corrected chi connectivity index (χ1v) is 10.8. The lowest BCUT2D eigenvalue weighted by molar-refractivity contribution is 0.0474. The van der Waals surface area contributed by atoms with Gasteiger partial charge >= 0.3 is 11.6 Å². The topological polar surface area (TPSA) is 101 Å². The van der Waals surface area contributed by atoms with Gasteiger partial charge in [0.05, 0.1) is 23.6 Å². The van der Waals surface area contributed by atoms with Crippen molar-refractivity contribution < 1.29 is 18.7 Å². The molecule has 0 atom stereocenters. The van der Waals surface area contributed by atoms with Crippen LogP contribution in [0.2, 0.25) is 0 Å². The molecule has 2 aromatic carbocycles. The highest BCUT2D eigenvalue weighted by molar-refractivity contribution is 5.94. The highest BCUT2D eigenvalue weighted by Gasteiger charge is 2.16. The predicted molar refractivity (Wildman–Crippen MR) is 122 cm³/mol. The lowest BCUT2D eigenvalue weighted by Gasteiger charge is -2.11. The second-order valence-electron chi connectivity index (χ2n) is 8.06. The van der Waals surface area contributed by atoms with Gasteiger partial charge in [-0.3, -0.25) is 9.36 Å². The Morgan fingerprint density at radius 3 is 2.76 bits per heavy atom. The Bertz CT molecular complexity index is 1500. The Morgan fingerprint density at radius 2 is 1.91 bits per heavy atom. The molecule has 8 nitrogen and oxygen atoms in total. The van der Waals surface area contributed by atoms with Gasteiger partial charge in [-0.25, -0.2) is 14.6 Å². The van der Waals surface area contributed by atoms with Crippen LogP contribution in [0, 0.1) is 0 Å². The minimum Gasteiger partial charge on any atom is -0.497 e. The van der Waals surface area contributed by atoms with Crippen molar-refractivity contribution in [2.75, 3.05) is 7.11 Å². The molecule has 0 saturated heterocycles. The Labute approximate surface area is 188 Å². The van der Waals surface area contributed by atoms with Crippen LogP contribution in [0.4, 0.5) is 0 Å². The molecule has 0 amide bonds. The van der Waals surface area contributed by atoms with Gasteiger partial charge in [0.25, 0.3) is 5.56 Å². The summed E-state index contributed by atoms with van der Waals surface area (Å²) < 4.78 is 17.6. The van der Waals surface area contributed by atoms with Crippen LogP contribution in [0.25, 0.3) is 21.9 Å². The van der Waals surface area contributed by atoms with E-state index < -0.39 is 11.6 Å². The third kappa shape index (κ3) is 4.00. The van der Waals surface area contributed by atoms with Crippen molar-refractivity contribution in [3.8, 4) is 5.75 Å². The van der Waals surface area contributed by atoms with Crippen LogP contribution in [0.3, 0.4) is 0 Å². The number of carbonyl (C=O) groups is 1. The molecule has 0 bridgehead atoms. The lowest BCUT2D eigenvalue weighted by atomic mass is 10.1. The Kier molecular flexibility index (Phi) is 5.42. The van der Waals surface area contributed by atoms with Crippen molar-refractivity contribution in [1.82, 2.24) is 9.55 Å². The maximum absolute atomic E-state index is 12.9. The predicted octanol–water partition coefficient (Wildman–Crippen LogP) is 3.59. The molecule has 33 heavy (non-hydrogen) atoms. The molecule has 0 spiro atoms. The maximum Gasteiger partial charge on any atom is 0.338 e. The zero-order valence-corrected chi connectivity index (χ0v) is 18.1. The fraction of sp³-hybridized carbons (Fsp3) is 0.280. The molecule has 0 N–H and O–H groups in total. The molecule has 1 aliphatic heterocycles. The minimum absolute atomic E-state index is 0.0743. The fourth-order valence-electron chi connectivity index (χ4n) is 4.23. The monoisotopic (exact) mass is 446 g/mol. The summed E-state index contributed by atoms with van der Waals surface area (Å²) in [7, 11) is 1.52. The Morgan fingerprint density at radius 1 is 1.06 bits per heavy atom. The Balaban J connectivity index is 1.43. The number of fused-ring (bicyclic) bond motifs is 3. The van der Waals surface area contributed by atoms with Gasteiger partial charge in [-0.15, -0.1) is 0 Å². The molecule has 5 rings (SSSR count).